The predicted octanol–water partition coefficient (Wildman–Crippen LogP) is 3.75. The standard InChI is InChI=1S/C23H36O5/c1-28-22(26)16-13-15-21(25)20(24)14-9-5-2-3-6-10-17-23(27)18-11-7-4-8-12-19-23/h2-3,5-6,9-10,14,17,20-21,24-25,27H,4,7-8,11-13,15-16,18-19H2,1H3/b5-2+,6-3+,14-9+,17-10+/t20-,21+/m1/s1. The summed E-state index contributed by atoms with van der Waals surface area (Å²) in [5, 5.41) is 30.3. The maximum atomic E-state index is 11.0. The van der Waals surface area contributed by atoms with Gasteiger partial charge in [0.1, 0.15) is 0 Å². The van der Waals surface area contributed by atoms with Crippen LogP contribution < -0.4 is 0 Å². The molecule has 1 rings (SSSR count). The molecule has 158 valence electrons. The summed E-state index contributed by atoms with van der Waals surface area (Å²) in [6.45, 7) is 0. The molecule has 3 N–H and O–H groups in total. The van der Waals surface area contributed by atoms with Crippen LogP contribution in [0.5, 0.6) is 0 Å². The Morgan fingerprint density at radius 1 is 0.964 bits per heavy atom. The fourth-order valence-corrected chi connectivity index (χ4v) is 3.21. The Kier molecular flexibility index (Phi) is 12.5. The van der Waals surface area contributed by atoms with Crippen LogP contribution in [0, 0.1) is 0 Å². The lowest BCUT2D eigenvalue weighted by Crippen LogP contribution is -2.26. The molecule has 0 aromatic carbocycles. The zero-order chi connectivity index (χ0) is 20.7. The second kappa shape index (κ2) is 14.3. The van der Waals surface area contributed by atoms with E-state index in [-0.39, 0.29) is 12.4 Å². The van der Waals surface area contributed by atoms with Gasteiger partial charge in [-0.2, -0.15) is 0 Å². The number of methoxy groups -OCH3 is 1. The van der Waals surface area contributed by atoms with Gasteiger partial charge >= 0.3 is 5.97 Å². The average molecular weight is 393 g/mol. The molecule has 2 atom stereocenters. The topological polar surface area (TPSA) is 87.0 Å². The third kappa shape index (κ3) is 11.2. The lowest BCUT2D eigenvalue weighted by Gasteiger charge is -2.26. The van der Waals surface area contributed by atoms with E-state index in [0.717, 1.165) is 25.7 Å². The molecule has 5 nitrogen and oxygen atoms in total. The van der Waals surface area contributed by atoms with Gasteiger partial charge in [-0.15, -0.1) is 0 Å². The smallest absolute Gasteiger partial charge is 0.305 e. The Balaban J connectivity index is 2.30. The van der Waals surface area contributed by atoms with Crippen molar-refractivity contribution in [2.45, 2.75) is 82.0 Å². The molecule has 0 bridgehead atoms. The van der Waals surface area contributed by atoms with Crippen molar-refractivity contribution in [3.05, 3.63) is 48.6 Å². The Labute approximate surface area is 169 Å². The maximum Gasteiger partial charge on any atom is 0.305 e. The summed E-state index contributed by atoms with van der Waals surface area (Å²) in [6.07, 6.45) is 20.9. The van der Waals surface area contributed by atoms with Gasteiger partial charge < -0.3 is 20.1 Å². The number of hydrogen-bond acceptors (Lipinski definition) is 5. The van der Waals surface area contributed by atoms with Crippen molar-refractivity contribution in [3.8, 4) is 0 Å². The van der Waals surface area contributed by atoms with Crippen molar-refractivity contribution >= 4 is 5.97 Å². The first kappa shape index (κ1) is 24.3. The van der Waals surface area contributed by atoms with Crippen LogP contribution in [-0.4, -0.2) is 46.2 Å². The second-order valence-electron chi connectivity index (χ2n) is 7.41. The summed E-state index contributed by atoms with van der Waals surface area (Å²) in [5.41, 5.74) is -0.678. The summed E-state index contributed by atoms with van der Waals surface area (Å²) >= 11 is 0. The van der Waals surface area contributed by atoms with Gasteiger partial charge in [0, 0.05) is 6.42 Å². The molecule has 1 aliphatic carbocycles. The molecule has 1 saturated carbocycles. The third-order valence-corrected chi connectivity index (χ3v) is 4.99. The molecule has 0 spiro atoms. The Morgan fingerprint density at radius 3 is 2.18 bits per heavy atom. The third-order valence-electron chi connectivity index (χ3n) is 4.99. The van der Waals surface area contributed by atoms with Crippen LogP contribution >= 0.6 is 0 Å². The number of aliphatic hydroxyl groups is 3. The lowest BCUT2D eigenvalue weighted by atomic mass is 9.87. The van der Waals surface area contributed by atoms with Crippen molar-refractivity contribution in [3.63, 3.8) is 0 Å². The number of allylic oxidation sites excluding steroid dienone is 6. The molecule has 0 saturated heterocycles. The number of ether oxygens (including phenoxy) is 1. The van der Waals surface area contributed by atoms with Gasteiger partial charge in [0.05, 0.1) is 24.9 Å². The largest absolute Gasteiger partial charge is 0.469 e. The highest BCUT2D eigenvalue weighted by molar-refractivity contribution is 5.68. The molecule has 0 heterocycles. The molecule has 1 aliphatic rings. The van der Waals surface area contributed by atoms with Crippen molar-refractivity contribution in [2.75, 3.05) is 7.11 Å². The molecule has 0 radical (unpaired) electrons. The van der Waals surface area contributed by atoms with Crippen LogP contribution in [-0.2, 0) is 9.53 Å². The number of hydrogen-bond donors (Lipinski definition) is 3. The summed E-state index contributed by atoms with van der Waals surface area (Å²) in [4.78, 5) is 11.0. The fourth-order valence-electron chi connectivity index (χ4n) is 3.21. The summed E-state index contributed by atoms with van der Waals surface area (Å²) in [5.74, 6) is -0.317. The van der Waals surface area contributed by atoms with Gasteiger partial charge in [0.25, 0.3) is 0 Å². The molecule has 1 fully saturated rings. The van der Waals surface area contributed by atoms with Crippen LogP contribution in [0.1, 0.15) is 64.2 Å². The number of aliphatic hydroxyl groups excluding tert-OH is 2. The molecular formula is C23H36O5. The van der Waals surface area contributed by atoms with Crippen LogP contribution in [0.15, 0.2) is 48.6 Å². The van der Waals surface area contributed by atoms with Crippen molar-refractivity contribution < 1.29 is 24.9 Å². The second-order valence-corrected chi connectivity index (χ2v) is 7.41. The molecule has 0 unspecified atom stereocenters. The van der Waals surface area contributed by atoms with E-state index in [9.17, 15) is 20.1 Å². The minimum Gasteiger partial charge on any atom is -0.469 e. The van der Waals surface area contributed by atoms with E-state index in [4.69, 9.17) is 0 Å². The zero-order valence-electron chi connectivity index (χ0n) is 17.0. The van der Waals surface area contributed by atoms with Gasteiger partial charge in [-0.25, -0.2) is 0 Å². The Bertz CT molecular complexity index is 539. The van der Waals surface area contributed by atoms with E-state index in [1.54, 1.807) is 12.2 Å². The van der Waals surface area contributed by atoms with Gasteiger partial charge in [0.15, 0.2) is 0 Å². The number of rotatable bonds is 10. The van der Waals surface area contributed by atoms with Crippen molar-refractivity contribution in [1.29, 1.82) is 0 Å². The van der Waals surface area contributed by atoms with E-state index in [1.165, 1.54) is 32.4 Å². The van der Waals surface area contributed by atoms with E-state index >= 15 is 0 Å². The summed E-state index contributed by atoms with van der Waals surface area (Å²) < 4.78 is 4.53. The monoisotopic (exact) mass is 392 g/mol. The SMILES string of the molecule is COC(=O)CCC[C@H](O)[C@H](O)/C=C/C=C/C=C/C=C/C1(O)CCCCCCC1. The minimum atomic E-state index is -0.972. The number of carbonyl (C=O) groups is 1. The van der Waals surface area contributed by atoms with Crippen LogP contribution in [0.25, 0.3) is 0 Å². The van der Waals surface area contributed by atoms with Gasteiger partial charge in [0.2, 0.25) is 0 Å². The molecule has 0 aromatic heterocycles. The average Bonchev–Trinajstić information content (AvgIpc) is 2.66. The molecular weight excluding hydrogens is 356 g/mol. The molecule has 0 aromatic rings. The predicted molar refractivity (Wildman–Crippen MR) is 112 cm³/mol. The van der Waals surface area contributed by atoms with Crippen molar-refractivity contribution in [2.24, 2.45) is 0 Å². The van der Waals surface area contributed by atoms with Gasteiger partial charge in [-0.1, -0.05) is 80.7 Å². The van der Waals surface area contributed by atoms with Crippen LogP contribution in [0.3, 0.4) is 0 Å². The first-order valence-electron chi connectivity index (χ1n) is 10.3. The van der Waals surface area contributed by atoms with E-state index in [2.05, 4.69) is 4.74 Å². The highest BCUT2D eigenvalue weighted by atomic mass is 16.5. The van der Waals surface area contributed by atoms with Crippen LogP contribution in [0.2, 0.25) is 0 Å². The first-order valence-corrected chi connectivity index (χ1v) is 10.3. The quantitative estimate of drug-likeness (QED) is 0.389. The van der Waals surface area contributed by atoms with Gasteiger partial charge in [-0.3, -0.25) is 4.79 Å². The fraction of sp³-hybridized carbons (Fsp3) is 0.609. The maximum absolute atomic E-state index is 11.0. The summed E-state index contributed by atoms with van der Waals surface area (Å²) in [6, 6.07) is 0. The number of esters is 1. The molecule has 0 amide bonds. The summed E-state index contributed by atoms with van der Waals surface area (Å²) in [7, 11) is 1.33. The lowest BCUT2D eigenvalue weighted by molar-refractivity contribution is -0.140. The zero-order valence-corrected chi connectivity index (χ0v) is 17.0. The van der Waals surface area contributed by atoms with E-state index in [0.29, 0.717) is 12.8 Å². The molecule has 28 heavy (non-hydrogen) atoms. The minimum absolute atomic E-state index is 0.233. The van der Waals surface area contributed by atoms with E-state index in [1.807, 2.05) is 30.4 Å². The molecule has 5 heteroatoms. The Morgan fingerprint density at radius 2 is 1.54 bits per heavy atom. The van der Waals surface area contributed by atoms with Crippen LogP contribution in [0.4, 0.5) is 0 Å². The van der Waals surface area contributed by atoms with Crippen molar-refractivity contribution in [1.82, 2.24) is 0 Å². The first-order chi connectivity index (χ1) is 13.5. The van der Waals surface area contributed by atoms with Gasteiger partial charge in [-0.05, 0) is 25.7 Å². The normalized spacial score (nSPS) is 20.6. The Hall–Kier alpha value is -1.69. The molecule has 0 aliphatic heterocycles. The van der Waals surface area contributed by atoms with E-state index < -0.39 is 17.8 Å². The highest BCUT2D eigenvalue weighted by Crippen LogP contribution is 2.27. The number of carbonyl (C=O) groups excluding carboxylic acids is 1. The highest BCUT2D eigenvalue weighted by Gasteiger charge is 2.23.